The van der Waals surface area contributed by atoms with Crippen LogP contribution in [-0.2, 0) is 6.16 Å². The molecular weight excluding hydrogens is 558 g/mol. The second kappa shape index (κ2) is 13.5. The molecule has 0 atom stereocenters. The van der Waals surface area contributed by atoms with E-state index in [4.69, 9.17) is 9.98 Å². The smallest absolute Gasteiger partial charge is 0.0966 e. The third-order valence-corrected chi connectivity index (χ3v) is 13.8. The molecule has 2 nitrogen and oxygen atoms in total. The Morgan fingerprint density at radius 3 is 1.65 bits per heavy atom. The highest BCUT2D eigenvalue weighted by Gasteiger charge is 2.34. The number of aromatic nitrogens is 1. The van der Waals surface area contributed by atoms with Gasteiger partial charge >= 0.3 is 0 Å². The van der Waals surface area contributed by atoms with Crippen LogP contribution in [-0.4, -0.2) is 21.0 Å². The molecular formula is C39H42N2P2. The van der Waals surface area contributed by atoms with Gasteiger partial charge in [-0.15, -0.1) is 0 Å². The third-order valence-electron chi connectivity index (χ3n) is 7.42. The van der Waals surface area contributed by atoms with E-state index in [0.29, 0.717) is 0 Å². The van der Waals surface area contributed by atoms with Gasteiger partial charge in [0, 0.05) is 22.7 Å². The monoisotopic (exact) mass is 600 g/mol. The van der Waals surface area contributed by atoms with E-state index in [1.54, 1.807) is 0 Å². The fourth-order valence-electron chi connectivity index (χ4n) is 5.66. The highest BCUT2D eigenvalue weighted by molar-refractivity contribution is 7.80. The van der Waals surface area contributed by atoms with Gasteiger partial charge < -0.3 is 0 Å². The molecule has 0 fully saturated rings. The average molecular weight is 601 g/mol. The molecule has 218 valence electrons. The molecule has 5 aromatic rings. The molecule has 0 saturated heterocycles. The first kappa shape index (κ1) is 31.0. The predicted molar refractivity (Wildman–Crippen MR) is 191 cm³/mol. The summed E-state index contributed by atoms with van der Waals surface area (Å²) in [5.41, 5.74) is 5.02. The SMILES string of the molecule is CC(C)(C)P(Cc1cccc(/C(=N/c2ccccc2P(c2ccccc2)c2ccccc2)c2ccccc2)n1)C(C)(C)C. The number of nitrogens with zero attached hydrogens (tertiary/aromatic N) is 2. The molecule has 0 aliphatic rings. The molecule has 0 radical (unpaired) electrons. The zero-order valence-corrected chi connectivity index (χ0v) is 28.0. The first-order chi connectivity index (χ1) is 20.6. The summed E-state index contributed by atoms with van der Waals surface area (Å²) in [4.78, 5) is 10.8. The summed E-state index contributed by atoms with van der Waals surface area (Å²) < 4.78 is 0. The van der Waals surface area contributed by atoms with Crippen molar-refractivity contribution in [3.8, 4) is 0 Å². The molecule has 0 N–H and O–H groups in total. The van der Waals surface area contributed by atoms with Crippen LogP contribution in [0.5, 0.6) is 0 Å². The highest BCUT2D eigenvalue weighted by atomic mass is 31.1. The van der Waals surface area contributed by atoms with Gasteiger partial charge in [-0.2, -0.15) is 0 Å². The molecule has 4 aromatic carbocycles. The van der Waals surface area contributed by atoms with Crippen molar-refractivity contribution in [1.29, 1.82) is 0 Å². The van der Waals surface area contributed by atoms with Crippen molar-refractivity contribution in [2.24, 2.45) is 4.99 Å². The quantitative estimate of drug-likeness (QED) is 0.129. The Balaban J connectivity index is 1.65. The van der Waals surface area contributed by atoms with Crippen LogP contribution in [0.2, 0.25) is 0 Å². The molecule has 1 heterocycles. The Kier molecular flexibility index (Phi) is 9.71. The summed E-state index contributed by atoms with van der Waals surface area (Å²) in [6.07, 6.45) is 0.988. The minimum Gasteiger partial charge on any atom is -0.251 e. The van der Waals surface area contributed by atoms with E-state index in [0.717, 1.165) is 34.5 Å². The van der Waals surface area contributed by atoms with Crippen molar-refractivity contribution in [3.05, 3.63) is 150 Å². The maximum Gasteiger partial charge on any atom is 0.0966 e. The van der Waals surface area contributed by atoms with Gasteiger partial charge in [-0.05, 0) is 47.0 Å². The number of hydrogen-bond donors (Lipinski definition) is 0. The van der Waals surface area contributed by atoms with Crippen molar-refractivity contribution in [2.75, 3.05) is 0 Å². The van der Waals surface area contributed by atoms with E-state index in [1.165, 1.54) is 15.9 Å². The van der Waals surface area contributed by atoms with E-state index in [1.807, 2.05) is 0 Å². The molecule has 1 aromatic heterocycles. The van der Waals surface area contributed by atoms with E-state index in [9.17, 15) is 0 Å². The first-order valence-electron chi connectivity index (χ1n) is 15.0. The van der Waals surface area contributed by atoms with E-state index >= 15 is 0 Å². The lowest BCUT2D eigenvalue weighted by atomic mass is 10.1. The number of hydrogen-bond acceptors (Lipinski definition) is 2. The molecule has 43 heavy (non-hydrogen) atoms. The molecule has 0 aliphatic carbocycles. The van der Waals surface area contributed by atoms with Crippen LogP contribution < -0.4 is 15.9 Å². The van der Waals surface area contributed by atoms with Gasteiger partial charge in [0.15, 0.2) is 0 Å². The van der Waals surface area contributed by atoms with E-state index in [-0.39, 0.29) is 18.2 Å². The molecule has 0 saturated carbocycles. The molecule has 0 aliphatic heterocycles. The van der Waals surface area contributed by atoms with Crippen LogP contribution in [0.4, 0.5) is 5.69 Å². The van der Waals surface area contributed by atoms with Crippen LogP contribution in [0.3, 0.4) is 0 Å². The topological polar surface area (TPSA) is 25.2 Å². The zero-order chi connectivity index (χ0) is 30.5. The summed E-state index contributed by atoms with van der Waals surface area (Å²) in [7, 11) is -1.12. The Hall–Kier alpha value is -3.44. The number of benzene rings is 4. The lowest BCUT2D eigenvalue weighted by molar-refractivity contribution is 0.701. The molecule has 0 bridgehead atoms. The Morgan fingerprint density at radius 1 is 0.581 bits per heavy atom. The number of para-hydroxylation sites is 1. The fourth-order valence-corrected chi connectivity index (χ4v) is 11.5. The number of pyridine rings is 1. The summed E-state index contributed by atoms with van der Waals surface area (Å²) in [6.45, 7) is 14.2. The minimum atomic E-state index is -0.804. The van der Waals surface area contributed by atoms with Crippen LogP contribution in [0, 0.1) is 0 Å². The summed E-state index contributed by atoms with van der Waals surface area (Å²) in [5.74, 6) is 0. The van der Waals surface area contributed by atoms with Gasteiger partial charge in [-0.3, -0.25) is 4.98 Å². The second-order valence-electron chi connectivity index (χ2n) is 12.8. The Bertz CT molecular complexity index is 1600. The highest BCUT2D eigenvalue weighted by Crippen LogP contribution is 2.61. The molecule has 0 spiro atoms. The second-order valence-corrected chi connectivity index (χ2v) is 18.8. The van der Waals surface area contributed by atoms with Crippen molar-refractivity contribution < 1.29 is 0 Å². The van der Waals surface area contributed by atoms with Crippen LogP contribution in [0.15, 0.2) is 138 Å². The lowest BCUT2D eigenvalue weighted by Crippen LogP contribution is -2.26. The predicted octanol–water partition coefficient (Wildman–Crippen LogP) is 9.59. The average Bonchev–Trinajstić information content (AvgIpc) is 3.00. The van der Waals surface area contributed by atoms with Gasteiger partial charge in [0.2, 0.25) is 0 Å². The van der Waals surface area contributed by atoms with Gasteiger partial charge in [-0.1, -0.05) is 165 Å². The van der Waals surface area contributed by atoms with Crippen molar-refractivity contribution >= 4 is 43.2 Å². The van der Waals surface area contributed by atoms with Crippen LogP contribution >= 0.6 is 15.8 Å². The van der Waals surface area contributed by atoms with Gasteiger partial charge in [0.25, 0.3) is 0 Å². The third kappa shape index (κ3) is 7.75. The summed E-state index contributed by atoms with van der Waals surface area (Å²) in [6, 6.07) is 47.3. The van der Waals surface area contributed by atoms with E-state index in [2.05, 4.69) is 175 Å². The standard InChI is InChI=1S/C39H42N2P2/c1-38(2,3)42(39(4,5)6)29-31-21-18-27-35(40-31)37(30-19-10-7-11-20-30)41-34-26-16-17-28-36(34)43(32-22-12-8-13-23-32)33-24-14-9-15-25-33/h7-28H,29H2,1-6H3/b41-37+. The van der Waals surface area contributed by atoms with Crippen molar-refractivity contribution in [3.63, 3.8) is 0 Å². The molecule has 0 unspecified atom stereocenters. The summed E-state index contributed by atoms with van der Waals surface area (Å²) in [5, 5.41) is 4.32. The fraction of sp³-hybridized carbons (Fsp3) is 0.231. The van der Waals surface area contributed by atoms with Gasteiger partial charge in [0.05, 0.1) is 17.1 Å². The summed E-state index contributed by atoms with van der Waals surface area (Å²) >= 11 is 0. The maximum atomic E-state index is 5.46. The van der Waals surface area contributed by atoms with Crippen molar-refractivity contribution in [1.82, 2.24) is 4.98 Å². The van der Waals surface area contributed by atoms with Gasteiger partial charge in [0.1, 0.15) is 0 Å². The molecule has 4 heteroatoms. The van der Waals surface area contributed by atoms with Crippen LogP contribution in [0.1, 0.15) is 58.5 Å². The minimum absolute atomic E-state index is 0.229. The van der Waals surface area contributed by atoms with E-state index < -0.39 is 7.92 Å². The number of rotatable bonds is 8. The number of aliphatic imine (C=N–C) groups is 1. The largest absolute Gasteiger partial charge is 0.251 e. The Labute approximate surface area is 260 Å². The molecule has 5 rings (SSSR count). The van der Waals surface area contributed by atoms with Crippen LogP contribution in [0.25, 0.3) is 0 Å². The van der Waals surface area contributed by atoms with Crippen molar-refractivity contribution in [2.45, 2.75) is 58.0 Å². The first-order valence-corrected chi connectivity index (χ1v) is 17.9. The molecule has 0 amide bonds. The maximum absolute atomic E-state index is 5.46. The van der Waals surface area contributed by atoms with Gasteiger partial charge in [-0.25, -0.2) is 4.99 Å². The normalized spacial score (nSPS) is 12.6. The zero-order valence-electron chi connectivity index (χ0n) is 26.2. The lowest BCUT2D eigenvalue weighted by Gasteiger charge is -2.41. The Morgan fingerprint density at radius 2 is 1.09 bits per heavy atom.